The Labute approximate surface area is 133 Å². The predicted octanol–water partition coefficient (Wildman–Crippen LogP) is 4.05. The number of aryl methyl sites for hydroxylation is 1. The van der Waals surface area contributed by atoms with Gasteiger partial charge in [0.25, 0.3) is 0 Å². The van der Waals surface area contributed by atoms with E-state index < -0.39 is 0 Å². The second kappa shape index (κ2) is 7.36. The maximum atomic E-state index is 5.33. The molecule has 0 aliphatic carbocycles. The van der Waals surface area contributed by atoms with Gasteiger partial charge >= 0.3 is 0 Å². The topological polar surface area (TPSA) is 21.1 Å². The van der Waals surface area contributed by atoms with Crippen molar-refractivity contribution in [1.82, 2.24) is 14.7 Å². The van der Waals surface area contributed by atoms with Gasteiger partial charge in [-0.2, -0.15) is 5.10 Å². The summed E-state index contributed by atoms with van der Waals surface area (Å²) in [5, 5.41) is 4.49. The fourth-order valence-electron chi connectivity index (χ4n) is 1.93. The molecule has 0 saturated heterocycles. The molecule has 0 fully saturated rings. The van der Waals surface area contributed by atoms with E-state index in [1.165, 1.54) is 11.1 Å². The van der Waals surface area contributed by atoms with Crippen molar-refractivity contribution in [1.29, 1.82) is 0 Å². The van der Waals surface area contributed by atoms with Crippen LogP contribution in [0.4, 0.5) is 0 Å². The number of hydrogen-bond acceptors (Lipinski definition) is 5. The predicted molar refractivity (Wildman–Crippen MR) is 90.0 cm³/mol. The average molecular weight is 326 g/mol. The molecule has 0 N–H and O–H groups in total. The molecular weight excluding hydrogens is 306 g/mol. The van der Waals surface area contributed by atoms with Crippen LogP contribution in [0.15, 0.2) is 28.6 Å². The van der Waals surface area contributed by atoms with Crippen LogP contribution in [-0.4, -0.2) is 28.0 Å². The van der Waals surface area contributed by atoms with E-state index in [2.05, 4.69) is 48.2 Å². The van der Waals surface area contributed by atoms with Crippen molar-refractivity contribution in [2.75, 3.05) is 13.3 Å². The van der Waals surface area contributed by atoms with E-state index in [4.69, 9.17) is 12.2 Å². The minimum Gasteiger partial charge on any atom is -0.283 e. The van der Waals surface area contributed by atoms with Gasteiger partial charge in [-0.3, -0.25) is 4.90 Å². The molecule has 0 radical (unpaired) electrons. The molecule has 1 heterocycles. The third-order valence-corrected chi connectivity index (χ3v) is 5.30. The van der Waals surface area contributed by atoms with Gasteiger partial charge in [0.1, 0.15) is 0 Å². The Bertz CT molecular complexity index is 601. The molecule has 0 spiro atoms. The minimum absolute atomic E-state index is 0.728. The molecule has 1 aromatic heterocycles. The lowest BCUT2D eigenvalue weighted by molar-refractivity contribution is 0.243. The second-order valence-electron chi connectivity index (χ2n) is 4.66. The van der Waals surface area contributed by atoms with Gasteiger partial charge in [-0.1, -0.05) is 54.3 Å². The molecule has 3 nitrogen and oxygen atoms in total. The average Bonchev–Trinajstić information content (AvgIpc) is 2.80. The maximum Gasteiger partial charge on any atom is 0.181 e. The van der Waals surface area contributed by atoms with Crippen molar-refractivity contribution < 1.29 is 0 Å². The normalized spacial score (nSPS) is 11.2. The molecule has 20 heavy (non-hydrogen) atoms. The van der Waals surface area contributed by atoms with Gasteiger partial charge in [0.2, 0.25) is 0 Å². The van der Waals surface area contributed by atoms with Crippen LogP contribution in [0.2, 0.25) is 0 Å². The molecule has 2 rings (SSSR count). The second-order valence-corrected chi connectivity index (χ2v) is 7.34. The van der Waals surface area contributed by atoms with E-state index >= 15 is 0 Å². The van der Waals surface area contributed by atoms with Gasteiger partial charge in [0.05, 0.1) is 6.67 Å². The first-order valence-electron chi connectivity index (χ1n) is 6.50. The molecule has 6 heteroatoms. The van der Waals surface area contributed by atoms with Gasteiger partial charge in [-0.25, -0.2) is 4.68 Å². The summed E-state index contributed by atoms with van der Waals surface area (Å²) in [6, 6.07) is 8.79. The first-order chi connectivity index (χ1) is 9.62. The van der Waals surface area contributed by atoms with Crippen LogP contribution in [0.3, 0.4) is 0 Å². The summed E-state index contributed by atoms with van der Waals surface area (Å²) in [5.41, 5.74) is 2.69. The van der Waals surface area contributed by atoms with Crippen LogP contribution in [0.5, 0.6) is 0 Å². The minimum atomic E-state index is 0.728. The van der Waals surface area contributed by atoms with Gasteiger partial charge in [-0.15, -0.1) is 0 Å². The number of thioether (sulfide) groups is 1. The van der Waals surface area contributed by atoms with Crippen molar-refractivity contribution in [2.45, 2.75) is 30.9 Å². The molecule has 0 aliphatic rings. The standard InChI is InChI=1S/C14H19N3S3/c1-4-11-5-7-12(8-6-11)9-16(2)10-17-14(18)20-13(15-17)19-3/h5-8H,4,9-10H2,1-3H3. The zero-order valence-corrected chi connectivity index (χ0v) is 14.4. The molecule has 0 amide bonds. The highest BCUT2D eigenvalue weighted by atomic mass is 32.2. The lowest BCUT2D eigenvalue weighted by atomic mass is 10.1. The van der Waals surface area contributed by atoms with Crippen molar-refractivity contribution >= 4 is 35.3 Å². The molecule has 0 bridgehead atoms. The van der Waals surface area contributed by atoms with Crippen LogP contribution in [-0.2, 0) is 19.6 Å². The third kappa shape index (κ3) is 4.15. The summed E-state index contributed by atoms with van der Waals surface area (Å²) >= 11 is 8.54. The Morgan fingerprint density at radius 1 is 1.30 bits per heavy atom. The highest BCUT2D eigenvalue weighted by Crippen LogP contribution is 2.19. The van der Waals surface area contributed by atoms with E-state index in [0.29, 0.717) is 0 Å². The zero-order valence-electron chi connectivity index (χ0n) is 12.0. The fourth-order valence-corrected chi connectivity index (χ4v) is 3.67. The van der Waals surface area contributed by atoms with Crippen LogP contribution in [0.1, 0.15) is 18.1 Å². The smallest absolute Gasteiger partial charge is 0.181 e. The molecule has 108 valence electrons. The van der Waals surface area contributed by atoms with Crippen LogP contribution in [0, 0.1) is 3.95 Å². The Balaban J connectivity index is 1.98. The summed E-state index contributed by atoms with van der Waals surface area (Å²) < 4.78 is 3.75. The SMILES string of the molecule is CCc1ccc(CN(C)Cn2nc(SC)sc2=S)cc1. The lowest BCUT2D eigenvalue weighted by Crippen LogP contribution is -2.22. The van der Waals surface area contributed by atoms with Gasteiger partial charge < -0.3 is 0 Å². The van der Waals surface area contributed by atoms with E-state index in [0.717, 1.165) is 27.9 Å². The van der Waals surface area contributed by atoms with E-state index in [1.807, 2.05) is 10.9 Å². The Hall–Kier alpha value is -0.690. The highest BCUT2D eigenvalue weighted by Gasteiger charge is 2.06. The van der Waals surface area contributed by atoms with Gasteiger partial charge in [-0.05, 0) is 43.1 Å². The molecule has 0 unspecified atom stereocenters. The first-order valence-corrected chi connectivity index (χ1v) is 8.95. The highest BCUT2D eigenvalue weighted by molar-refractivity contribution is 8.00. The summed E-state index contributed by atoms with van der Waals surface area (Å²) in [7, 11) is 2.09. The quantitative estimate of drug-likeness (QED) is 0.590. The maximum absolute atomic E-state index is 5.33. The van der Waals surface area contributed by atoms with Crippen molar-refractivity contribution in [3.05, 3.63) is 39.3 Å². The molecule has 2 aromatic rings. The zero-order chi connectivity index (χ0) is 14.5. The number of nitrogens with zero attached hydrogens (tertiary/aromatic N) is 3. The Kier molecular flexibility index (Phi) is 5.77. The first kappa shape index (κ1) is 15.7. The third-order valence-electron chi connectivity index (χ3n) is 3.02. The van der Waals surface area contributed by atoms with E-state index in [-0.39, 0.29) is 0 Å². The number of rotatable bonds is 6. The van der Waals surface area contributed by atoms with Crippen LogP contribution >= 0.6 is 35.3 Å². The molecular formula is C14H19N3S3. The Morgan fingerprint density at radius 3 is 2.50 bits per heavy atom. The molecule has 0 aliphatic heterocycles. The number of benzene rings is 1. The summed E-state index contributed by atoms with van der Waals surface area (Å²) in [4.78, 5) is 2.22. The van der Waals surface area contributed by atoms with E-state index in [9.17, 15) is 0 Å². The number of aromatic nitrogens is 2. The lowest BCUT2D eigenvalue weighted by Gasteiger charge is -2.16. The summed E-state index contributed by atoms with van der Waals surface area (Å²) in [6.07, 6.45) is 3.11. The van der Waals surface area contributed by atoms with Crippen LogP contribution < -0.4 is 0 Å². The molecule has 1 aromatic carbocycles. The summed E-state index contributed by atoms with van der Waals surface area (Å²) in [6.45, 7) is 3.80. The van der Waals surface area contributed by atoms with Crippen molar-refractivity contribution in [3.8, 4) is 0 Å². The van der Waals surface area contributed by atoms with Gasteiger partial charge in [0.15, 0.2) is 8.29 Å². The molecule has 0 atom stereocenters. The largest absolute Gasteiger partial charge is 0.283 e. The number of hydrogen-bond donors (Lipinski definition) is 0. The monoisotopic (exact) mass is 325 g/mol. The molecule has 0 saturated carbocycles. The van der Waals surface area contributed by atoms with Crippen molar-refractivity contribution in [2.24, 2.45) is 0 Å². The fraction of sp³-hybridized carbons (Fsp3) is 0.429. The van der Waals surface area contributed by atoms with Gasteiger partial charge in [0, 0.05) is 6.54 Å². The van der Waals surface area contributed by atoms with Crippen LogP contribution in [0.25, 0.3) is 0 Å². The summed E-state index contributed by atoms with van der Waals surface area (Å²) in [5.74, 6) is 0. The van der Waals surface area contributed by atoms with Crippen molar-refractivity contribution in [3.63, 3.8) is 0 Å². The van der Waals surface area contributed by atoms with E-state index in [1.54, 1.807) is 23.1 Å². The Morgan fingerprint density at radius 2 is 1.95 bits per heavy atom.